The molecule has 26 heavy (non-hydrogen) atoms. The molecule has 1 saturated heterocycles. The van der Waals surface area contributed by atoms with E-state index in [0.717, 1.165) is 12.0 Å². The number of hydrogen-bond donors (Lipinski definition) is 0. The molecule has 0 saturated carbocycles. The smallest absolute Gasteiger partial charge is 0.260 e. The van der Waals surface area contributed by atoms with Crippen LogP contribution in [0.15, 0.2) is 54.6 Å². The van der Waals surface area contributed by atoms with Crippen molar-refractivity contribution in [2.24, 2.45) is 0 Å². The van der Waals surface area contributed by atoms with Gasteiger partial charge in [0.25, 0.3) is 5.91 Å². The van der Waals surface area contributed by atoms with Crippen molar-refractivity contribution in [2.45, 2.75) is 18.9 Å². The van der Waals surface area contributed by atoms with Crippen LogP contribution in [0.5, 0.6) is 5.75 Å². The van der Waals surface area contributed by atoms with Gasteiger partial charge in [-0.2, -0.15) is 0 Å². The van der Waals surface area contributed by atoms with Crippen molar-refractivity contribution in [1.82, 2.24) is 4.90 Å². The largest absolute Gasteiger partial charge is 0.483 e. The minimum atomic E-state index is -3.02. The standard InChI is InChI=1S/C20H23NO4S/c1-21(18-11-12-26(23,24)15-18)20(22)14-25-19-10-6-5-9-17(19)13-16-7-3-2-4-8-16/h2-10,18H,11-15H2,1H3/t18-/m1/s1. The van der Waals surface area contributed by atoms with Gasteiger partial charge in [0.1, 0.15) is 5.75 Å². The molecule has 0 aromatic heterocycles. The molecule has 138 valence electrons. The normalized spacial score (nSPS) is 18.4. The van der Waals surface area contributed by atoms with Gasteiger partial charge in [-0.05, 0) is 23.6 Å². The number of amides is 1. The van der Waals surface area contributed by atoms with Crippen molar-refractivity contribution in [3.8, 4) is 5.75 Å². The molecule has 1 aliphatic rings. The van der Waals surface area contributed by atoms with Crippen LogP contribution >= 0.6 is 0 Å². The molecule has 0 aliphatic carbocycles. The Hall–Kier alpha value is -2.34. The number of carbonyl (C=O) groups is 1. The van der Waals surface area contributed by atoms with E-state index in [2.05, 4.69) is 12.1 Å². The Kier molecular flexibility index (Phi) is 5.61. The highest BCUT2D eigenvalue weighted by Gasteiger charge is 2.32. The van der Waals surface area contributed by atoms with Crippen molar-refractivity contribution in [3.63, 3.8) is 0 Å². The van der Waals surface area contributed by atoms with Gasteiger partial charge in [-0.3, -0.25) is 4.79 Å². The van der Waals surface area contributed by atoms with Gasteiger partial charge in [0.05, 0.1) is 11.5 Å². The first-order chi connectivity index (χ1) is 12.4. The maximum atomic E-state index is 12.4. The van der Waals surface area contributed by atoms with E-state index in [9.17, 15) is 13.2 Å². The molecule has 3 rings (SSSR count). The highest BCUT2D eigenvalue weighted by atomic mass is 32.2. The summed E-state index contributed by atoms with van der Waals surface area (Å²) in [6.45, 7) is -0.0984. The summed E-state index contributed by atoms with van der Waals surface area (Å²) >= 11 is 0. The summed E-state index contributed by atoms with van der Waals surface area (Å²) in [6.07, 6.45) is 1.22. The highest BCUT2D eigenvalue weighted by Crippen LogP contribution is 2.22. The first-order valence-corrected chi connectivity index (χ1v) is 10.5. The van der Waals surface area contributed by atoms with Gasteiger partial charge in [0.2, 0.25) is 0 Å². The Balaban J connectivity index is 1.62. The zero-order valence-corrected chi connectivity index (χ0v) is 15.6. The molecule has 1 amide bonds. The molecule has 1 aliphatic heterocycles. The second-order valence-electron chi connectivity index (χ2n) is 6.62. The first-order valence-electron chi connectivity index (χ1n) is 8.65. The maximum absolute atomic E-state index is 12.4. The molecule has 1 fully saturated rings. The number of para-hydroxylation sites is 1. The quantitative estimate of drug-likeness (QED) is 0.779. The molecule has 1 heterocycles. The molecular weight excluding hydrogens is 350 g/mol. The SMILES string of the molecule is CN(C(=O)COc1ccccc1Cc1ccccc1)[C@@H]1CCS(=O)(=O)C1. The fourth-order valence-electron chi connectivity index (χ4n) is 3.13. The third-order valence-corrected chi connectivity index (χ3v) is 6.46. The van der Waals surface area contributed by atoms with Gasteiger partial charge in [-0.25, -0.2) is 8.42 Å². The van der Waals surface area contributed by atoms with Crippen LogP contribution in [0.25, 0.3) is 0 Å². The van der Waals surface area contributed by atoms with Crippen LogP contribution in [-0.4, -0.2) is 50.4 Å². The van der Waals surface area contributed by atoms with E-state index in [1.807, 2.05) is 42.5 Å². The van der Waals surface area contributed by atoms with E-state index < -0.39 is 9.84 Å². The lowest BCUT2D eigenvalue weighted by Gasteiger charge is -2.23. The van der Waals surface area contributed by atoms with Gasteiger partial charge in [0.15, 0.2) is 16.4 Å². The average molecular weight is 373 g/mol. The summed E-state index contributed by atoms with van der Waals surface area (Å²) in [6, 6.07) is 17.5. The van der Waals surface area contributed by atoms with Crippen LogP contribution in [0, 0.1) is 0 Å². The molecule has 5 nitrogen and oxygen atoms in total. The fourth-order valence-corrected chi connectivity index (χ4v) is 4.91. The number of nitrogens with zero attached hydrogens (tertiary/aromatic N) is 1. The summed E-state index contributed by atoms with van der Waals surface area (Å²) in [5.41, 5.74) is 2.18. The minimum Gasteiger partial charge on any atom is -0.483 e. The van der Waals surface area contributed by atoms with Crippen molar-refractivity contribution >= 4 is 15.7 Å². The number of sulfone groups is 1. The summed E-state index contributed by atoms with van der Waals surface area (Å²) in [5, 5.41) is 0. The highest BCUT2D eigenvalue weighted by molar-refractivity contribution is 7.91. The number of carbonyl (C=O) groups excluding carboxylic acids is 1. The molecule has 0 spiro atoms. The van der Waals surface area contributed by atoms with Crippen molar-refractivity contribution in [1.29, 1.82) is 0 Å². The number of likely N-dealkylation sites (N-methyl/N-ethyl adjacent to an activating group) is 1. The Morgan fingerprint density at radius 1 is 1.12 bits per heavy atom. The number of ether oxygens (including phenoxy) is 1. The third-order valence-electron chi connectivity index (χ3n) is 4.71. The average Bonchev–Trinajstić information content (AvgIpc) is 3.01. The molecule has 2 aromatic rings. The predicted octanol–water partition coefficient (Wildman–Crippen LogP) is 2.30. The molecule has 0 radical (unpaired) electrons. The second-order valence-corrected chi connectivity index (χ2v) is 8.85. The minimum absolute atomic E-state index is 0.0415. The van der Waals surface area contributed by atoms with Gasteiger partial charge >= 0.3 is 0 Å². The predicted molar refractivity (Wildman–Crippen MR) is 101 cm³/mol. The van der Waals surface area contributed by atoms with Crippen molar-refractivity contribution in [2.75, 3.05) is 25.2 Å². The molecule has 0 bridgehead atoms. The Bertz CT molecular complexity index is 864. The van der Waals surface area contributed by atoms with E-state index in [4.69, 9.17) is 4.74 Å². The first kappa shape index (κ1) is 18.5. The summed E-state index contributed by atoms with van der Waals surface area (Å²) < 4.78 is 29.0. The van der Waals surface area contributed by atoms with Crippen LogP contribution in [0.2, 0.25) is 0 Å². The van der Waals surface area contributed by atoms with Gasteiger partial charge in [-0.1, -0.05) is 48.5 Å². The van der Waals surface area contributed by atoms with Crippen molar-refractivity contribution < 1.29 is 17.9 Å². The molecular formula is C20H23NO4S. The zero-order valence-electron chi connectivity index (χ0n) is 14.8. The lowest BCUT2D eigenvalue weighted by Crippen LogP contribution is -2.40. The third kappa shape index (κ3) is 4.64. The Morgan fingerprint density at radius 3 is 2.50 bits per heavy atom. The van der Waals surface area contributed by atoms with Gasteiger partial charge in [-0.15, -0.1) is 0 Å². The monoisotopic (exact) mass is 373 g/mol. The molecule has 1 atom stereocenters. The molecule has 0 unspecified atom stereocenters. The van der Waals surface area contributed by atoms with Crippen LogP contribution in [-0.2, 0) is 21.1 Å². The molecule has 6 heteroatoms. The van der Waals surface area contributed by atoms with E-state index >= 15 is 0 Å². The Labute approximate surface area is 154 Å². The van der Waals surface area contributed by atoms with Crippen LogP contribution in [0.4, 0.5) is 0 Å². The lowest BCUT2D eigenvalue weighted by molar-refractivity contribution is -0.133. The van der Waals surface area contributed by atoms with Crippen LogP contribution in [0.1, 0.15) is 17.5 Å². The fraction of sp³-hybridized carbons (Fsp3) is 0.350. The number of rotatable bonds is 6. The number of hydrogen-bond acceptors (Lipinski definition) is 4. The van der Waals surface area contributed by atoms with Crippen LogP contribution in [0.3, 0.4) is 0 Å². The zero-order chi connectivity index (χ0) is 18.6. The summed E-state index contributed by atoms with van der Waals surface area (Å²) in [4.78, 5) is 13.9. The topological polar surface area (TPSA) is 63.7 Å². The second kappa shape index (κ2) is 7.91. The summed E-state index contributed by atoms with van der Waals surface area (Å²) in [7, 11) is -1.37. The number of benzene rings is 2. The van der Waals surface area contributed by atoms with E-state index in [1.54, 1.807) is 7.05 Å². The van der Waals surface area contributed by atoms with Crippen molar-refractivity contribution in [3.05, 3.63) is 65.7 Å². The maximum Gasteiger partial charge on any atom is 0.260 e. The van der Waals surface area contributed by atoms with Gasteiger partial charge in [0, 0.05) is 19.5 Å². The Morgan fingerprint density at radius 2 is 1.81 bits per heavy atom. The molecule has 0 N–H and O–H groups in total. The van der Waals surface area contributed by atoms with Crippen LogP contribution < -0.4 is 4.74 Å². The van der Waals surface area contributed by atoms with Gasteiger partial charge < -0.3 is 9.64 Å². The van der Waals surface area contributed by atoms with E-state index in [0.29, 0.717) is 12.2 Å². The van der Waals surface area contributed by atoms with E-state index in [-0.39, 0.29) is 30.1 Å². The summed E-state index contributed by atoms with van der Waals surface area (Å²) in [5.74, 6) is 0.661. The molecule has 2 aromatic carbocycles. The van der Waals surface area contributed by atoms with E-state index in [1.165, 1.54) is 10.5 Å². The lowest BCUT2D eigenvalue weighted by atomic mass is 10.0.